The van der Waals surface area contributed by atoms with Crippen LogP contribution in [0.15, 0.2) is 29.4 Å². The summed E-state index contributed by atoms with van der Waals surface area (Å²) in [5.74, 6) is -2.51. The SMILES string of the molecule is CCc1ccc(N2C(=O)C3NN=C(C(=O)OC)C3C2=O)cc1. The highest BCUT2D eigenvalue weighted by Crippen LogP contribution is 2.30. The Morgan fingerprint density at radius 1 is 1.27 bits per heavy atom. The molecule has 2 aliphatic heterocycles. The number of hydrogen-bond donors (Lipinski definition) is 1. The molecule has 3 rings (SSSR count). The second-order valence-corrected chi connectivity index (χ2v) is 5.10. The van der Waals surface area contributed by atoms with Crippen molar-refractivity contribution in [1.82, 2.24) is 5.43 Å². The van der Waals surface area contributed by atoms with E-state index in [0.29, 0.717) is 5.69 Å². The number of hydrazone groups is 1. The lowest BCUT2D eigenvalue weighted by Gasteiger charge is -2.15. The number of esters is 1. The topological polar surface area (TPSA) is 88.1 Å². The molecule has 0 radical (unpaired) electrons. The zero-order valence-corrected chi connectivity index (χ0v) is 12.2. The Morgan fingerprint density at radius 3 is 2.55 bits per heavy atom. The quantitative estimate of drug-likeness (QED) is 0.638. The fourth-order valence-corrected chi connectivity index (χ4v) is 2.70. The number of nitrogens with one attached hydrogen (secondary N) is 1. The molecule has 0 aliphatic carbocycles. The van der Waals surface area contributed by atoms with E-state index in [1.807, 2.05) is 19.1 Å². The molecule has 0 spiro atoms. The first-order valence-electron chi connectivity index (χ1n) is 6.96. The summed E-state index contributed by atoms with van der Waals surface area (Å²) >= 11 is 0. The van der Waals surface area contributed by atoms with Crippen molar-refractivity contribution < 1.29 is 19.1 Å². The number of benzene rings is 1. The van der Waals surface area contributed by atoms with Crippen LogP contribution < -0.4 is 10.3 Å². The number of rotatable bonds is 3. The summed E-state index contributed by atoms with van der Waals surface area (Å²) in [5, 5.41) is 3.77. The Balaban J connectivity index is 1.92. The third kappa shape index (κ3) is 1.97. The monoisotopic (exact) mass is 301 g/mol. The summed E-state index contributed by atoms with van der Waals surface area (Å²) in [5.41, 5.74) is 4.11. The van der Waals surface area contributed by atoms with Gasteiger partial charge in [-0.15, -0.1) is 0 Å². The molecule has 1 fully saturated rings. The minimum Gasteiger partial charge on any atom is -0.464 e. The van der Waals surface area contributed by atoms with Crippen LogP contribution in [0.1, 0.15) is 12.5 Å². The third-order valence-corrected chi connectivity index (χ3v) is 3.92. The number of ether oxygens (including phenoxy) is 1. The van der Waals surface area contributed by atoms with Crippen LogP contribution in [0.25, 0.3) is 0 Å². The molecule has 1 aromatic carbocycles. The van der Waals surface area contributed by atoms with Gasteiger partial charge in [-0.1, -0.05) is 19.1 Å². The van der Waals surface area contributed by atoms with Crippen LogP contribution in [0.3, 0.4) is 0 Å². The number of carbonyl (C=O) groups is 3. The van der Waals surface area contributed by atoms with Gasteiger partial charge in [-0.25, -0.2) is 9.69 Å². The molecule has 2 heterocycles. The van der Waals surface area contributed by atoms with Crippen molar-refractivity contribution in [3.63, 3.8) is 0 Å². The van der Waals surface area contributed by atoms with Gasteiger partial charge in [-0.3, -0.25) is 15.0 Å². The summed E-state index contributed by atoms with van der Waals surface area (Å²) in [6, 6.07) is 6.35. The van der Waals surface area contributed by atoms with Gasteiger partial charge in [0, 0.05) is 0 Å². The van der Waals surface area contributed by atoms with Gasteiger partial charge in [0.15, 0.2) is 5.71 Å². The average molecular weight is 301 g/mol. The normalized spacial score (nSPS) is 23.2. The maximum absolute atomic E-state index is 12.6. The molecule has 7 nitrogen and oxygen atoms in total. The third-order valence-electron chi connectivity index (χ3n) is 3.92. The van der Waals surface area contributed by atoms with Gasteiger partial charge in [-0.2, -0.15) is 5.10 Å². The molecule has 0 aromatic heterocycles. The van der Waals surface area contributed by atoms with E-state index in [1.165, 1.54) is 7.11 Å². The van der Waals surface area contributed by atoms with E-state index in [9.17, 15) is 14.4 Å². The van der Waals surface area contributed by atoms with Gasteiger partial charge >= 0.3 is 5.97 Å². The minimum absolute atomic E-state index is 0.0569. The first-order chi connectivity index (χ1) is 10.6. The summed E-state index contributed by atoms with van der Waals surface area (Å²) in [4.78, 5) is 37.7. The maximum Gasteiger partial charge on any atom is 0.355 e. The number of nitrogens with zero attached hydrogens (tertiary/aromatic N) is 2. The summed E-state index contributed by atoms with van der Waals surface area (Å²) in [7, 11) is 1.21. The molecule has 0 bridgehead atoms. The number of hydrogen-bond acceptors (Lipinski definition) is 6. The predicted octanol–water partition coefficient (Wildman–Crippen LogP) is 0.239. The molecule has 2 atom stereocenters. The summed E-state index contributed by atoms with van der Waals surface area (Å²) in [6.07, 6.45) is 0.869. The van der Waals surface area contributed by atoms with Gasteiger partial charge < -0.3 is 4.74 Å². The van der Waals surface area contributed by atoms with Crippen molar-refractivity contribution in [3.05, 3.63) is 29.8 Å². The van der Waals surface area contributed by atoms with E-state index in [2.05, 4.69) is 15.3 Å². The largest absolute Gasteiger partial charge is 0.464 e. The molecular weight excluding hydrogens is 286 g/mol. The van der Waals surface area contributed by atoms with E-state index >= 15 is 0 Å². The van der Waals surface area contributed by atoms with Gasteiger partial charge in [0.2, 0.25) is 5.91 Å². The molecule has 2 unspecified atom stereocenters. The van der Waals surface area contributed by atoms with Crippen LogP contribution in [-0.4, -0.2) is 36.6 Å². The highest BCUT2D eigenvalue weighted by Gasteiger charge is 2.55. The summed E-state index contributed by atoms with van der Waals surface area (Å²) in [6.45, 7) is 2.02. The van der Waals surface area contributed by atoms with Gasteiger partial charge in [-0.05, 0) is 24.1 Å². The Bertz CT molecular complexity index is 681. The van der Waals surface area contributed by atoms with Crippen molar-refractivity contribution in [2.24, 2.45) is 11.0 Å². The van der Waals surface area contributed by atoms with Crippen molar-refractivity contribution in [2.45, 2.75) is 19.4 Å². The second-order valence-electron chi connectivity index (χ2n) is 5.10. The smallest absolute Gasteiger partial charge is 0.355 e. The first kappa shape index (κ1) is 14.2. The highest BCUT2D eigenvalue weighted by atomic mass is 16.5. The number of anilines is 1. The molecule has 2 amide bonds. The van der Waals surface area contributed by atoms with E-state index in [4.69, 9.17) is 0 Å². The molecule has 1 aromatic rings. The second kappa shape index (κ2) is 5.25. The first-order valence-corrected chi connectivity index (χ1v) is 6.96. The molecule has 114 valence electrons. The maximum atomic E-state index is 12.6. The molecule has 2 aliphatic rings. The summed E-state index contributed by atoms with van der Waals surface area (Å²) < 4.78 is 4.61. The fraction of sp³-hybridized carbons (Fsp3) is 0.333. The predicted molar refractivity (Wildman–Crippen MR) is 78.2 cm³/mol. The van der Waals surface area contributed by atoms with E-state index in [-0.39, 0.29) is 5.71 Å². The average Bonchev–Trinajstić information content (AvgIpc) is 3.08. The Kier molecular flexibility index (Phi) is 3.40. The molecule has 1 saturated heterocycles. The van der Waals surface area contributed by atoms with E-state index in [0.717, 1.165) is 16.9 Å². The minimum atomic E-state index is -0.925. The molecule has 1 N–H and O–H groups in total. The molecular formula is C15H15N3O4. The Hall–Kier alpha value is -2.70. The van der Waals surface area contributed by atoms with Gasteiger partial charge in [0.25, 0.3) is 5.91 Å². The van der Waals surface area contributed by atoms with Crippen LogP contribution in [0.5, 0.6) is 0 Å². The van der Waals surface area contributed by atoms with Crippen molar-refractivity contribution in [2.75, 3.05) is 12.0 Å². The molecule has 22 heavy (non-hydrogen) atoms. The lowest BCUT2D eigenvalue weighted by Crippen LogP contribution is -2.36. The van der Waals surface area contributed by atoms with Crippen LogP contribution >= 0.6 is 0 Å². The number of aryl methyl sites for hydroxylation is 1. The standard InChI is InChI=1S/C15H15N3O4/c1-3-8-4-6-9(7-5-8)18-13(19)10-11(14(18)20)16-17-12(10)15(21)22-2/h4-7,10-11,16H,3H2,1-2H3. The number of fused-ring (bicyclic) bond motifs is 1. The van der Waals surface area contributed by atoms with Crippen LogP contribution in [0.2, 0.25) is 0 Å². The van der Waals surface area contributed by atoms with E-state index in [1.54, 1.807) is 12.1 Å². The lowest BCUT2D eigenvalue weighted by molar-refractivity contribution is -0.133. The van der Waals surface area contributed by atoms with Crippen molar-refractivity contribution in [1.29, 1.82) is 0 Å². The van der Waals surface area contributed by atoms with Crippen LogP contribution in [0.4, 0.5) is 5.69 Å². The van der Waals surface area contributed by atoms with Crippen molar-refractivity contribution in [3.8, 4) is 0 Å². The van der Waals surface area contributed by atoms with Crippen LogP contribution in [-0.2, 0) is 25.5 Å². The lowest BCUT2D eigenvalue weighted by atomic mass is 9.99. The van der Waals surface area contributed by atoms with Gasteiger partial charge in [0.05, 0.1) is 12.8 Å². The van der Waals surface area contributed by atoms with Gasteiger partial charge in [0.1, 0.15) is 12.0 Å². The number of imide groups is 1. The Morgan fingerprint density at radius 2 is 1.95 bits per heavy atom. The van der Waals surface area contributed by atoms with Crippen molar-refractivity contribution >= 4 is 29.2 Å². The fourth-order valence-electron chi connectivity index (χ4n) is 2.70. The zero-order valence-electron chi connectivity index (χ0n) is 12.2. The highest BCUT2D eigenvalue weighted by molar-refractivity contribution is 6.46. The molecule has 0 saturated carbocycles. The zero-order chi connectivity index (χ0) is 15.9. The molecule has 7 heteroatoms. The number of carbonyl (C=O) groups excluding carboxylic acids is 3. The number of methoxy groups -OCH3 is 1. The number of amides is 2. The Labute approximate surface area is 126 Å². The van der Waals surface area contributed by atoms with Crippen LogP contribution in [0, 0.1) is 5.92 Å². The van der Waals surface area contributed by atoms with E-state index < -0.39 is 29.7 Å².